The number of hydrogen-bond acceptors (Lipinski definition) is 11. The summed E-state index contributed by atoms with van der Waals surface area (Å²) in [7, 11) is 0. The average Bonchev–Trinajstić information content (AvgIpc) is 3.22. The number of carbonyl (C=O) groups excluding carboxylic acids is 3. The van der Waals surface area contributed by atoms with Gasteiger partial charge in [0.05, 0.1) is 25.4 Å². The minimum Gasteiger partial charge on any atom is -0.481 e. The summed E-state index contributed by atoms with van der Waals surface area (Å²) >= 11 is 0. The summed E-state index contributed by atoms with van der Waals surface area (Å²) in [6.07, 6.45) is 32.7. The third-order valence-corrected chi connectivity index (χ3v) is 10.5. The van der Waals surface area contributed by atoms with Gasteiger partial charge in [-0.2, -0.15) is 0 Å². The van der Waals surface area contributed by atoms with E-state index in [1.807, 2.05) is 0 Å². The molecule has 0 radical (unpaired) electrons. The Bertz CT molecular complexity index is 1320. The number of allylic oxidation sites excluding steroid dienone is 6. The van der Waals surface area contributed by atoms with Crippen molar-refractivity contribution in [3.63, 3.8) is 0 Å². The second-order valence-corrected chi connectivity index (χ2v) is 16.3. The summed E-state index contributed by atoms with van der Waals surface area (Å²) in [5, 5.41) is 46.4. The van der Waals surface area contributed by atoms with Crippen molar-refractivity contribution in [3.8, 4) is 0 Å². The maximum Gasteiger partial charge on any atom is 0.349 e. The van der Waals surface area contributed by atoms with E-state index < -0.39 is 85.6 Å². The first-order chi connectivity index (χ1) is 29.8. The van der Waals surface area contributed by atoms with Crippen molar-refractivity contribution in [3.05, 3.63) is 36.5 Å². The number of rotatable bonds is 42. The van der Waals surface area contributed by atoms with Crippen molar-refractivity contribution in [2.45, 2.75) is 211 Å². The number of carboxylic acid groups (broad SMARTS) is 3. The molecular formula is C48H80O14. The van der Waals surface area contributed by atoms with Crippen LogP contribution in [0.1, 0.15) is 194 Å². The predicted molar refractivity (Wildman–Crippen MR) is 237 cm³/mol. The Morgan fingerprint density at radius 1 is 0.581 bits per heavy atom. The van der Waals surface area contributed by atoms with Gasteiger partial charge in [0.2, 0.25) is 5.60 Å². The molecule has 0 aliphatic rings. The van der Waals surface area contributed by atoms with Crippen LogP contribution in [0.15, 0.2) is 36.5 Å². The lowest BCUT2D eigenvalue weighted by molar-refractivity contribution is -0.195. The molecule has 0 rings (SSSR count). The monoisotopic (exact) mass is 881 g/mol. The van der Waals surface area contributed by atoms with E-state index in [2.05, 4.69) is 43.4 Å². The molecule has 356 valence electrons. The molecular weight excluding hydrogens is 801 g/mol. The Labute approximate surface area is 370 Å². The number of esters is 3. The van der Waals surface area contributed by atoms with Crippen molar-refractivity contribution in [2.24, 2.45) is 5.92 Å². The number of unbranched alkanes of at least 4 members (excludes halogenated alkanes) is 18. The standard InChI is InChI=1S/C48H80O14/c1-3-4-5-6-7-8-9-10-14-17-20-23-26-29-32-40(33-30-27-24-21-18-15-12-11-13-16-19-22-25-28-31-34-42(51)52)46(57)61-39(2)45(56)62-48(47(58)59,35-43(53)54)36-44(55)60-38-41(50)37-49/h10-11,13-15,18,39-41,49-50H,3-9,12,16-17,19-38H2,1-2H3,(H,51,52)(H,53,54)(H,58,59)/b13-11-,14-10-,18-15-. The van der Waals surface area contributed by atoms with Crippen molar-refractivity contribution >= 4 is 35.8 Å². The van der Waals surface area contributed by atoms with Gasteiger partial charge in [0.1, 0.15) is 12.7 Å². The highest BCUT2D eigenvalue weighted by Gasteiger charge is 2.48. The number of aliphatic carboxylic acids is 3. The van der Waals surface area contributed by atoms with Gasteiger partial charge in [-0.15, -0.1) is 0 Å². The van der Waals surface area contributed by atoms with E-state index in [9.17, 15) is 44.1 Å². The largest absolute Gasteiger partial charge is 0.481 e. The van der Waals surface area contributed by atoms with Crippen LogP contribution in [0.5, 0.6) is 0 Å². The summed E-state index contributed by atoms with van der Waals surface area (Å²) in [6.45, 7) is 1.96. The number of aliphatic hydroxyl groups is 2. The number of ether oxygens (including phenoxy) is 3. The molecule has 0 aromatic heterocycles. The highest BCUT2D eigenvalue weighted by Crippen LogP contribution is 2.26. The molecule has 14 nitrogen and oxygen atoms in total. The molecule has 0 aromatic rings. The fourth-order valence-electron chi connectivity index (χ4n) is 6.76. The van der Waals surface area contributed by atoms with Crippen LogP contribution in [0, 0.1) is 5.92 Å². The number of aliphatic hydroxyl groups excluding tert-OH is 2. The molecule has 0 aliphatic carbocycles. The molecule has 5 N–H and O–H groups in total. The van der Waals surface area contributed by atoms with Crippen LogP contribution in [0.4, 0.5) is 0 Å². The third kappa shape index (κ3) is 32.6. The zero-order valence-corrected chi connectivity index (χ0v) is 37.8. The van der Waals surface area contributed by atoms with E-state index in [0.717, 1.165) is 109 Å². The molecule has 0 aromatic carbocycles. The highest BCUT2D eigenvalue weighted by atomic mass is 16.6. The summed E-state index contributed by atoms with van der Waals surface area (Å²) in [4.78, 5) is 73.4. The summed E-state index contributed by atoms with van der Waals surface area (Å²) in [5.41, 5.74) is -2.88. The van der Waals surface area contributed by atoms with Gasteiger partial charge in [0, 0.05) is 6.42 Å². The van der Waals surface area contributed by atoms with E-state index in [1.54, 1.807) is 0 Å². The van der Waals surface area contributed by atoms with Gasteiger partial charge in [0.15, 0.2) is 6.10 Å². The molecule has 0 saturated heterocycles. The Morgan fingerprint density at radius 3 is 1.53 bits per heavy atom. The van der Waals surface area contributed by atoms with Gasteiger partial charge in [-0.1, -0.05) is 127 Å². The second-order valence-electron chi connectivity index (χ2n) is 16.3. The lowest BCUT2D eigenvalue weighted by Gasteiger charge is -2.28. The zero-order chi connectivity index (χ0) is 46.3. The van der Waals surface area contributed by atoms with Crippen molar-refractivity contribution < 1.29 is 68.5 Å². The SMILES string of the molecule is CCCCCCCC/C=C\CCCCCCC(CCCCC/C=C\C/C=C\CCCCCCCC(=O)O)C(=O)OC(C)C(=O)OC(CC(=O)O)(CC(=O)OCC(O)CO)C(=O)O. The van der Waals surface area contributed by atoms with Crippen molar-refractivity contribution in [1.82, 2.24) is 0 Å². The fraction of sp³-hybridized carbons (Fsp3) is 0.750. The van der Waals surface area contributed by atoms with E-state index >= 15 is 0 Å². The molecule has 0 aliphatic heterocycles. The Kier molecular flexibility index (Phi) is 36.1. The topological polar surface area (TPSA) is 231 Å². The van der Waals surface area contributed by atoms with Crippen LogP contribution < -0.4 is 0 Å². The van der Waals surface area contributed by atoms with Crippen molar-refractivity contribution in [1.29, 1.82) is 0 Å². The Morgan fingerprint density at radius 2 is 1.05 bits per heavy atom. The first-order valence-corrected chi connectivity index (χ1v) is 23.3. The highest BCUT2D eigenvalue weighted by molar-refractivity contribution is 5.92. The van der Waals surface area contributed by atoms with Gasteiger partial charge in [-0.3, -0.25) is 19.2 Å². The lowest BCUT2D eigenvalue weighted by atomic mass is 9.94. The van der Waals surface area contributed by atoms with Gasteiger partial charge in [0.25, 0.3) is 0 Å². The fourth-order valence-corrected chi connectivity index (χ4v) is 6.76. The third-order valence-electron chi connectivity index (χ3n) is 10.5. The first kappa shape index (κ1) is 58.0. The summed E-state index contributed by atoms with van der Waals surface area (Å²) in [6, 6.07) is 0. The van der Waals surface area contributed by atoms with Gasteiger partial charge in [-0.25, -0.2) is 9.59 Å². The molecule has 0 spiro atoms. The molecule has 0 saturated carbocycles. The molecule has 4 unspecified atom stereocenters. The molecule has 0 fully saturated rings. The van der Waals surface area contributed by atoms with Crippen LogP contribution in [0.3, 0.4) is 0 Å². The smallest absolute Gasteiger partial charge is 0.349 e. The second kappa shape index (κ2) is 38.6. The van der Waals surface area contributed by atoms with Gasteiger partial charge >= 0.3 is 35.8 Å². The Balaban J connectivity index is 5.16. The van der Waals surface area contributed by atoms with Gasteiger partial charge < -0.3 is 39.7 Å². The number of hydrogen-bond donors (Lipinski definition) is 5. The molecule has 0 heterocycles. The van der Waals surface area contributed by atoms with E-state index in [0.29, 0.717) is 12.8 Å². The lowest BCUT2D eigenvalue weighted by Crippen LogP contribution is -2.49. The van der Waals surface area contributed by atoms with Crippen LogP contribution in [0.2, 0.25) is 0 Å². The molecule has 4 atom stereocenters. The molecule has 62 heavy (non-hydrogen) atoms. The number of carboxylic acids is 3. The molecule has 0 bridgehead atoms. The minimum atomic E-state index is -2.88. The van der Waals surface area contributed by atoms with E-state index in [4.69, 9.17) is 24.4 Å². The van der Waals surface area contributed by atoms with Crippen LogP contribution in [-0.4, -0.2) is 92.4 Å². The predicted octanol–water partition coefficient (Wildman–Crippen LogP) is 9.58. The maximum atomic E-state index is 13.5. The Hall–Kier alpha value is -4.04. The van der Waals surface area contributed by atoms with Crippen LogP contribution in [0.25, 0.3) is 0 Å². The first-order valence-electron chi connectivity index (χ1n) is 23.3. The maximum absolute atomic E-state index is 13.5. The van der Waals surface area contributed by atoms with E-state index in [1.165, 1.54) is 45.4 Å². The van der Waals surface area contributed by atoms with Gasteiger partial charge in [-0.05, 0) is 84.0 Å². The molecule has 14 heteroatoms. The number of carbonyl (C=O) groups is 6. The minimum absolute atomic E-state index is 0.241. The summed E-state index contributed by atoms with van der Waals surface area (Å²) < 4.78 is 15.3. The van der Waals surface area contributed by atoms with Crippen LogP contribution in [-0.2, 0) is 43.0 Å². The van der Waals surface area contributed by atoms with Crippen LogP contribution >= 0.6 is 0 Å². The normalized spacial score (nSPS) is 14.1. The summed E-state index contributed by atoms with van der Waals surface area (Å²) in [5.74, 6) is -8.16. The average molecular weight is 881 g/mol. The van der Waals surface area contributed by atoms with Crippen molar-refractivity contribution in [2.75, 3.05) is 13.2 Å². The van der Waals surface area contributed by atoms with E-state index in [-0.39, 0.29) is 6.42 Å². The zero-order valence-electron chi connectivity index (χ0n) is 37.8. The quantitative estimate of drug-likeness (QED) is 0.0166. The molecule has 0 amide bonds.